The minimum atomic E-state index is -4.43. The molecule has 1 rings (SSSR count). The molecule has 3 nitrogen and oxygen atoms in total. The standard InChI is InChI=1S/C12H15F3N2O/c1-16-6-3-7-17-11(18)9-4-2-5-10(8-9)12(13,14)15/h2,4-5,8,16H,3,6-7H2,1H3,(H,17,18). The highest BCUT2D eigenvalue weighted by molar-refractivity contribution is 5.94. The van der Waals surface area contributed by atoms with Gasteiger partial charge in [0.05, 0.1) is 5.56 Å². The van der Waals surface area contributed by atoms with Gasteiger partial charge in [-0.05, 0) is 38.2 Å². The summed E-state index contributed by atoms with van der Waals surface area (Å²) in [5.74, 6) is -0.489. The van der Waals surface area contributed by atoms with E-state index in [0.717, 1.165) is 25.1 Å². The van der Waals surface area contributed by atoms with Crippen LogP contribution in [-0.2, 0) is 6.18 Å². The third kappa shape index (κ3) is 4.37. The maximum atomic E-state index is 12.4. The smallest absolute Gasteiger partial charge is 0.352 e. The van der Waals surface area contributed by atoms with Crippen LogP contribution >= 0.6 is 0 Å². The third-order valence-electron chi connectivity index (χ3n) is 2.34. The summed E-state index contributed by atoms with van der Waals surface area (Å²) in [6, 6.07) is 4.39. The van der Waals surface area contributed by atoms with E-state index in [1.807, 2.05) is 0 Å². The fraction of sp³-hybridized carbons (Fsp3) is 0.417. The molecular formula is C12H15F3N2O. The highest BCUT2D eigenvalue weighted by Gasteiger charge is 2.30. The maximum absolute atomic E-state index is 12.4. The van der Waals surface area contributed by atoms with E-state index in [2.05, 4.69) is 10.6 Å². The molecule has 0 spiro atoms. The zero-order valence-electron chi connectivity index (χ0n) is 9.97. The molecule has 0 fully saturated rings. The number of halogens is 3. The van der Waals surface area contributed by atoms with Crippen molar-refractivity contribution < 1.29 is 18.0 Å². The lowest BCUT2D eigenvalue weighted by atomic mass is 10.1. The predicted octanol–water partition coefficient (Wildman–Crippen LogP) is 2.04. The number of amides is 1. The minimum absolute atomic E-state index is 0.0225. The van der Waals surface area contributed by atoms with Crippen molar-refractivity contribution in [2.24, 2.45) is 0 Å². The summed E-state index contributed by atoms with van der Waals surface area (Å²) in [4.78, 5) is 11.6. The average molecular weight is 260 g/mol. The van der Waals surface area contributed by atoms with E-state index < -0.39 is 17.6 Å². The van der Waals surface area contributed by atoms with Gasteiger partial charge in [0.1, 0.15) is 0 Å². The number of benzene rings is 1. The van der Waals surface area contributed by atoms with Crippen LogP contribution in [-0.4, -0.2) is 26.0 Å². The van der Waals surface area contributed by atoms with Crippen LogP contribution in [0, 0.1) is 0 Å². The molecule has 0 aliphatic heterocycles. The SMILES string of the molecule is CNCCCNC(=O)c1cccc(C(F)(F)F)c1. The predicted molar refractivity (Wildman–Crippen MR) is 62.3 cm³/mol. The normalized spacial score (nSPS) is 11.3. The van der Waals surface area contributed by atoms with E-state index >= 15 is 0 Å². The van der Waals surface area contributed by atoms with Gasteiger partial charge in [-0.15, -0.1) is 0 Å². The van der Waals surface area contributed by atoms with E-state index in [1.165, 1.54) is 12.1 Å². The molecule has 0 radical (unpaired) electrons. The molecule has 2 N–H and O–H groups in total. The van der Waals surface area contributed by atoms with Gasteiger partial charge in [0.25, 0.3) is 5.91 Å². The summed E-state index contributed by atoms with van der Waals surface area (Å²) in [6.07, 6.45) is -3.70. The van der Waals surface area contributed by atoms with E-state index in [1.54, 1.807) is 7.05 Å². The maximum Gasteiger partial charge on any atom is 0.416 e. The van der Waals surface area contributed by atoms with Crippen molar-refractivity contribution in [2.45, 2.75) is 12.6 Å². The van der Waals surface area contributed by atoms with Gasteiger partial charge in [0.15, 0.2) is 0 Å². The zero-order valence-corrected chi connectivity index (χ0v) is 9.97. The lowest BCUT2D eigenvalue weighted by molar-refractivity contribution is -0.137. The first kappa shape index (κ1) is 14.5. The van der Waals surface area contributed by atoms with E-state index in [9.17, 15) is 18.0 Å². The topological polar surface area (TPSA) is 41.1 Å². The molecule has 0 heterocycles. The Balaban J connectivity index is 2.63. The molecule has 100 valence electrons. The Hall–Kier alpha value is -1.56. The number of carbonyl (C=O) groups excluding carboxylic acids is 1. The molecule has 6 heteroatoms. The number of nitrogens with one attached hydrogen (secondary N) is 2. The third-order valence-corrected chi connectivity index (χ3v) is 2.34. The van der Waals surface area contributed by atoms with Crippen molar-refractivity contribution in [1.82, 2.24) is 10.6 Å². The van der Waals surface area contributed by atoms with E-state index in [0.29, 0.717) is 6.54 Å². The summed E-state index contributed by atoms with van der Waals surface area (Å²) >= 11 is 0. The van der Waals surface area contributed by atoms with Gasteiger partial charge in [0, 0.05) is 12.1 Å². The van der Waals surface area contributed by atoms with Crippen molar-refractivity contribution in [1.29, 1.82) is 0 Å². The summed E-state index contributed by atoms with van der Waals surface area (Å²) in [7, 11) is 1.79. The van der Waals surface area contributed by atoms with Crippen molar-refractivity contribution >= 4 is 5.91 Å². The average Bonchev–Trinajstić information content (AvgIpc) is 2.33. The number of hydrogen-bond acceptors (Lipinski definition) is 2. The van der Waals surface area contributed by atoms with Crippen molar-refractivity contribution in [3.63, 3.8) is 0 Å². The summed E-state index contributed by atoms with van der Waals surface area (Å²) in [5.41, 5.74) is -0.792. The highest BCUT2D eigenvalue weighted by Crippen LogP contribution is 2.29. The molecular weight excluding hydrogens is 245 g/mol. The first-order valence-electron chi connectivity index (χ1n) is 5.55. The van der Waals surface area contributed by atoms with Crippen LogP contribution in [0.2, 0.25) is 0 Å². The van der Waals surface area contributed by atoms with Crippen LogP contribution < -0.4 is 10.6 Å². The minimum Gasteiger partial charge on any atom is -0.352 e. The van der Waals surface area contributed by atoms with Gasteiger partial charge in [-0.2, -0.15) is 13.2 Å². The van der Waals surface area contributed by atoms with E-state index in [4.69, 9.17) is 0 Å². The van der Waals surface area contributed by atoms with Crippen molar-refractivity contribution in [3.8, 4) is 0 Å². The number of rotatable bonds is 5. The van der Waals surface area contributed by atoms with Crippen LogP contribution in [0.25, 0.3) is 0 Å². The highest BCUT2D eigenvalue weighted by atomic mass is 19.4. The van der Waals surface area contributed by atoms with Gasteiger partial charge in [-0.3, -0.25) is 4.79 Å². The number of carbonyl (C=O) groups is 1. The molecule has 0 saturated carbocycles. The van der Waals surface area contributed by atoms with Crippen LogP contribution in [0.4, 0.5) is 13.2 Å². The largest absolute Gasteiger partial charge is 0.416 e. The molecule has 1 amide bonds. The van der Waals surface area contributed by atoms with Gasteiger partial charge < -0.3 is 10.6 Å². The van der Waals surface area contributed by atoms with E-state index in [-0.39, 0.29) is 5.56 Å². The van der Waals surface area contributed by atoms with Gasteiger partial charge >= 0.3 is 6.18 Å². The quantitative estimate of drug-likeness (QED) is 0.795. The molecule has 0 aliphatic rings. The van der Waals surface area contributed by atoms with Crippen LogP contribution in [0.5, 0.6) is 0 Å². The van der Waals surface area contributed by atoms with Crippen molar-refractivity contribution in [2.75, 3.05) is 20.1 Å². The summed E-state index contributed by atoms with van der Waals surface area (Å²) in [6.45, 7) is 1.17. The van der Waals surface area contributed by atoms with Crippen LogP contribution in [0.1, 0.15) is 22.3 Å². The van der Waals surface area contributed by atoms with Crippen LogP contribution in [0.15, 0.2) is 24.3 Å². The fourth-order valence-electron chi connectivity index (χ4n) is 1.41. The Labute approximate surface area is 103 Å². The van der Waals surface area contributed by atoms with Gasteiger partial charge in [-0.1, -0.05) is 6.07 Å². The molecule has 0 saturated heterocycles. The van der Waals surface area contributed by atoms with Gasteiger partial charge in [-0.25, -0.2) is 0 Å². The number of alkyl halides is 3. The molecule has 0 unspecified atom stereocenters. The Morgan fingerprint density at radius 1 is 1.28 bits per heavy atom. The van der Waals surface area contributed by atoms with Crippen molar-refractivity contribution in [3.05, 3.63) is 35.4 Å². The Morgan fingerprint density at radius 3 is 2.61 bits per heavy atom. The molecule has 1 aromatic carbocycles. The van der Waals surface area contributed by atoms with Crippen LogP contribution in [0.3, 0.4) is 0 Å². The lowest BCUT2D eigenvalue weighted by Gasteiger charge is -2.09. The Morgan fingerprint density at radius 2 is 2.00 bits per heavy atom. The fourth-order valence-corrected chi connectivity index (χ4v) is 1.41. The molecule has 0 aliphatic carbocycles. The Bertz CT molecular complexity index is 405. The first-order chi connectivity index (χ1) is 8.45. The second-order valence-corrected chi connectivity index (χ2v) is 3.79. The molecule has 0 atom stereocenters. The molecule has 0 bridgehead atoms. The Kier molecular flexibility index (Phi) is 5.15. The number of hydrogen-bond donors (Lipinski definition) is 2. The second kappa shape index (κ2) is 6.39. The lowest BCUT2D eigenvalue weighted by Crippen LogP contribution is -2.26. The summed E-state index contributed by atoms with van der Waals surface area (Å²) < 4.78 is 37.3. The monoisotopic (exact) mass is 260 g/mol. The zero-order chi connectivity index (χ0) is 13.6. The molecule has 18 heavy (non-hydrogen) atoms. The molecule has 0 aromatic heterocycles. The first-order valence-corrected chi connectivity index (χ1v) is 5.55. The summed E-state index contributed by atoms with van der Waals surface area (Å²) in [5, 5.41) is 5.48. The second-order valence-electron chi connectivity index (χ2n) is 3.79. The van der Waals surface area contributed by atoms with Gasteiger partial charge in [0.2, 0.25) is 0 Å². The molecule has 1 aromatic rings.